The van der Waals surface area contributed by atoms with Crippen molar-refractivity contribution in [3.05, 3.63) is 0 Å². The average molecular weight is 274 g/mol. The molecule has 0 heterocycles. The maximum Gasteiger partial charge on any atom is 0.346 e. The van der Waals surface area contributed by atoms with Gasteiger partial charge in [-0.2, -0.15) is 4.89 Å². The van der Waals surface area contributed by atoms with Crippen LogP contribution in [0.3, 0.4) is 0 Å². The Hall–Kier alpha value is -0.610. The van der Waals surface area contributed by atoms with E-state index in [1.54, 1.807) is 0 Å². The van der Waals surface area contributed by atoms with Crippen molar-refractivity contribution in [2.24, 2.45) is 11.3 Å². The highest BCUT2D eigenvalue weighted by Gasteiger charge is 2.26. The molecule has 0 unspecified atom stereocenters. The Morgan fingerprint density at radius 3 is 2.21 bits per heavy atom. The van der Waals surface area contributed by atoms with Crippen molar-refractivity contribution in [2.75, 3.05) is 0 Å². The first kappa shape index (κ1) is 18.4. The number of rotatable bonds is 9. The van der Waals surface area contributed by atoms with Gasteiger partial charge in [0.05, 0.1) is 6.42 Å². The van der Waals surface area contributed by atoms with Gasteiger partial charge in [-0.05, 0) is 43.1 Å². The van der Waals surface area contributed by atoms with Gasteiger partial charge in [-0.1, -0.05) is 41.0 Å². The number of hydrogen-bond donors (Lipinski definition) is 0. The predicted molar refractivity (Wildman–Crippen MR) is 75.1 cm³/mol. The third-order valence-electron chi connectivity index (χ3n) is 2.82. The van der Waals surface area contributed by atoms with E-state index >= 15 is 0 Å². The van der Waals surface area contributed by atoms with E-state index in [9.17, 15) is 4.79 Å². The third-order valence-corrected chi connectivity index (χ3v) is 2.82. The maximum atomic E-state index is 11.7. The fourth-order valence-electron chi connectivity index (χ4n) is 2.39. The van der Waals surface area contributed by atoms with Crippen LogP contribution in [0, 0.1) is 11.3 Å². The number of hydrogen-bond acceptors (Lipinski definition) is 4. The molecule has 4 heteroatoms. The monoisotopic (exact) mass is 274 g/mol. The fraction of sp³-hybridized carbons (Fsp3) is 0.933. The van der Waals surface area contributed by atoms with E-state index in [0.717, 1.165) is 19.3 Å². The Labute approximate surface area is 117 Å². The molecule has 0 aromatic rings. The van der Waals surface area contributed by atoms with E-state index < -0.39 is 11.6 Å². The molecule has 0 rings (SSSR count). The van der Waals surface area contributed by atoms with E-state index in [1.165, 1.54) is 0 Å². The Kier molecular flexibility index (Phi) is 7.60. The molecule has 0 atom stereocenters. The molecule has 0 bridgehead atoms. The molecule has 0 saturated heterocycles. The molecule has 0 N–H and O–H groups in total. The SMILES string of the molecule is CCCC(C)(C)OOOC(=O)CC(C)(C)CC(C)C. The summed E-state index contributed by atoms with van der Waals surface area (Å²) in [6.45, 7) is 14.2. The van der Waals surface area contributed by atoms with Crippen molar-refractivity contribution in [3.63, 3.8) is 0 Å². The summed E-state index contributed by atoms with van der Waals surface area (Å²) in [4.78, 5) is 21.4. The van der Waals surface area contributed by atoms with Gasteiger partial charge < -0.3 is 0 Å². The Bertz CT molecular complexity index is 269. The molecule has 114 valence electrons. The summed E-state index contributed by atoms with van der Waals surface area (Å²) in [7, 11) is 0. The second-order valence-electron chi connectivity index (χ2n) is 7.06. The highest BCUT2D eigenvalue weighted by Crippen LogP contribution is 2.29. The average Bonchev–Trinajstić information content (AvgIpc) is 2.12. The normalized spacial score (nSPS) is 12.8. The van der Waals surface area contributed by atoms with E-state index in [4.69, 9.17) is 4.89 Å². The van der Waals surface area contributed by atoms with Crippen molar-refractivity contribution < 1.29 is 19.6 Å². The maximum absolute atomic E-state index is 11.7. The van der Waals surface area contributed by atoms with Crippen LogP contribution in [0.15, 0.2) is 0 Å². The summed E-state index contributed by atoms with van der Waals surface area (Å²) in [5.74, 6) is 0.154. The van der Waals surface area contributed by atoms with Gasteiger partial charge >= 0.3 is 5.97 Å². The minimum absolute atomic E-state index is 0.0897. The molecule has 0 aliphatic rings. The molecule has 0 aliphatic carbocycles. The minimum atomic E-state index is -0.442. The van der Waals surface area contributed by atoms with Gasteiger partial charge in [0.15, 0.2) is 0 Å². The first-order valence-corrected chi connectivity index (χ1v) is 7.13. The van der Waals surface area contributed by atoms with Crippen LogP contribution < -0.4 is 0 Å². The second-order valence-corrected chi connectivity index (χ2v) is 7.06. The largest absolute Gasteiger partial charge is 0.346 e. The summed E-state index contributed by atoms with van der Waals surface area (Å²) >= 11 is 0. The molecule has 0 saturated carbocycles. The molecular formula is C15H30O4. The van der Waals surface area contributed by atoms with E-state index in [0.29, 0.717) is 12.3 Å². The van der Waals surface area contributed by atoms with Crippen LogP contribution in [0.5, 0.6) is 0 Å². The van der Waals surface area contributed by atoms with Gasteiger partial charge in [0, 0.05) is 0 Å². The molecule has 0 aliphatic heterocycles. The van der Waals surface area contributed by atoms with Crippen molar-refractivity contribution >= 4 is 5.97 Å². The van der Waals surface area contributed by atoms with Crippen LogP contribution in [0.4, 0.5) is 0 Å². The van der Waals surface area contributed by atoms with Crippen molar-refractivity contribution in [3.8, 4) is 0 Å². The summed E-state index contributed by atoms with van der Waals surface area (Å²) in [6.07, 6.45) is 3.10. The molecular weight excluding hydrogens is 244 g/mol. The molecule has 4 nitrogen and oxygen atoms in total. The lowest BCUT2D eigenvalue weighted by Gasteiger charge is -2.25. The summed E-state index contributed by atoms with van der Waals surface area (Å²) in [5.41, 5.74) is -0.532. The second kappa shape index (κ2) is 7.85. The zero-order chi connectivity index (χ0) is 15.1. The van der Waals surface area contributed by atoms with Crippen molar-refractivity contribution in [1.82, 2.24) is 0 Å². The Balaban J connectivity index is 4.00. The first-order chi connectivity index (χ1) is 8.58. The lowest BCUT2D eigenvalue weighted by atomic mass is 9.81. The van der Waals surface area contributed by atoms with Crippen LogP contribution in [0.2, 0.25) is 0 Å². The zero-order valence-electron chi connectivity index (χ0n) is 13.5. The van der Waals surface area contributed by atoms with Crippen LogP contribution in [-0.4, -0.2) is 11.6 Å². The molecule has 0 aromatic heterocycles. The van der Waals surface area contributed by atoms with E-state index in [1.807, 2.05) is 13.8 Å². The van der Waals surface area contributed by atoms with Gasteiger partial charge in [0.25, 0.3) is 0 Å². The van der Waals surface area contributed by atoms with Gasteiger partial charge in [0.1, 0.15) is 5.60 Å². The molecule has 0 amide bonds. The van der Waals surface area contributed by atoms with Gasteiger partial charge in [-0.25, -0.2) is 4.79 Å². The summed E-state index contributed by atoms with van der Waals surface area (Å²) in [6, 6.07) is 0. The van der Waals surface area contributed by atoms with Crippen molar-refractivity contribution in [1.29, 1.82) is 0 Å². The number of carbonyl (C=O) groups excluding carboxylic acids is 1. The summed E-state index contributed by atoms with van der Waals surface area (Å²) < 4.78 is 0. The van der Waals surface area contributed by atoms with Crippen molar-refractivity contribution in [2.45, 2.75) is 79.8 Å². The highest BCUT2D eigenvalue weighted by molar-refractivity contribution is 5.69. The first-order valence-electron chi connectivity index (χ1n) is 7.13. The smallest absolute Gasteiger partial charge is 0.269 e. The highest BCUT2D eigenvalue weighted by atomic mass is 17.5. The zero-order valence-corrected chi connectivity index (χ0v) is 13.5. The van der Waals surface area contributed by atoms with E-state index in [2.05, 4.69) is 44.5 Å². The molecule has 19 heavy (non-hydrogen) atoms. The topological polar surface area (TPSA) is 44.8 Å². The predicted octanol–water partition coefficient (Wildman–Crippen LogP) is 4.43. The van der Waals surface area contributed by atoms with Crippen LogP contribution >= 0.6 is 0 Å². The van der Waals surface area contributed by atoms with Crippen LogP contribution in [0.1, 0.15) is 74.1 Å². The van der Waals surface area contributed by atoms with Crippen LogP contribution in [-0.2, 0) is 19.6 Å². The number of carbonyl (C=O) groups is 1. The fourth-order valence-corrected chi connectivity index (χ4v) is 2.39. The molecule has 0 aromatic carbocycles. The standard InChI is InChI=1S/C15H30O4/c1-8-9-15(6,7)18-19-17-13(16)11-14(4,5)10-12(2)3/h12H,8-11H2,1-7H3. The molecule has 0 radical (unpaired) electrons. The lowest BCUT2D eigenvalue weighted by Crippen LogP contribution is -2.26. The summed E-state index contributed by atoms with van der Waals surface area (Å²) in [5, 5.41) is 4.61. The van der Waals surface area contributed by atoms with E-state index in [-0.39, 0.29) is 5.41 Å². The third kappa shape index (κ3) is 9.91. The quantitative estimate of drug-likeness (QED) is 0.461. The Morgan fingerprint density at radius 2 is 1.74 bits per heavy atom. The van der Waals surface area contributed by atoms with Gasteiger partial charge in [0.2, 0.25) is 0 Å². The van der Waals surface area contributed by atoms with Gasteiger partial charge in [-0.15, -0.1) is 0 Å². The van der Waals surface area contributed by atoms with Gasteiger partial charge in [-0.3, -0.25) is 4.89 Å². The lowest BCUT2D eigenvalue weighted by molar-refractivity contribution is -0.517. The Morgan fingerprint density at radius 1 is 1.16 bits per heavy atom. The van der Waals surface area contributed by atoms with Crippen LogP contribution in [0.25, 0.3) is 0 Å². The molecule has 0 fully saturated rings. The molecule has 0 spiro atoms. The minimum Gasteiger partial charge on any atom is -0.269 e.